The van der Waals surface area contributed by atoms with Crippen LogP contribution in [-0.2, 0) is 11.3 Å². The minimum absolute atomic E-state index is 0.231. The van der Waals surface area contributed by atoms with Gasteiger partial charge in [-0.25, -0.2) is 15.0 Å². The minimum Gasteiger partial charge on any atom is -0.486 e. The lowest BCUT2D eigenvalue weighted by Gasteiger charge is -2.30. The first-order chi connectivity index (χ1) is 15.3. The van der Waals surface area contributed by atoms with E-state index in [1.807, 2.05) is 25.1 Å². The van der Waals surface area contributed by atoms with Gasteiger partial charge in [0.15, 0.2) is 5.89 Å². The quantitative estimate of drug-likeness (QED) is 0.388. The van der Waals surface area contributed by atoms with Gasteiger partial charge in [0.05, 0.1) is 33.1 Å². The molecule has 0 bridgehead atoms. The van der Waals surface area contributed by atoms with Crippen LogP contribution in [0.25, 0.3) is 11.4 Å². The first kappa shape index (κ1) is 22.5. The van der Waals surface area contributed by atoms with E-state index in [0.717, 1.165) is 44.5 Å². The average molecular weight is 517 g/mol. The maximum absolute atomic E-state index is 6.55. The van der Waals surface area contributed by atoms with Crippen molar-refractivity contribution < 1.29 is 9.15 Å². The van der Waals surface area contributed by atoms with Gasteiger partial charge in [0, 0.05) is 37.0 Å². The number of anilines is 1. The number of nitrogens with zero attached hydrogens (tertiary/aromatic N) is 5. The molecule has 166 valence electrons. The average Bonchev–Trinajstić information content (AvgIpc) is 3.19. The Morgan fingerprint density at radius 3 is 2.75 bits per heavy atom. The molecule has 0 aliphatic carbocycles. The Labute approximate surface area is 200 Å². The van der Waals surface area contributed by atoms with Crippen LogP contribution in [0.4, 0.5) is 5.69 Å². The van der Waals surface area contributed by atoms with Crippen molar-refractivity contribution in [1.82, 2.24) is 19.9 Å². The van der Waals surface area contributed by atoms with E-state index in [1.165, 1.54) is 0 Å². The Bertz CT molecular complexity index is 1200. The Morgan fingerprint density at radius 1 is 1.22 bits per heavy atom. The highest BCUT2D eigenvalue weighted by atomic mass is 79.9. The van der Waals surface area contributed by atoms with Crippen molar-refractivity contribution in [2.75, 3.05) is 11.4 Å². The second-order valence-corrected chi connectivity index (χ2v) is 9.13. The van der Waals surface area contributed by atoms with Crippen molar-refractivity contribution in [2.24, 2.45) is 0 Å². The molecule has 0 saturated heterocycles. The lowest BCUT2D eigenvalue weighted by atomic mass is 10.1. The highest BCUT2D eigenvalue weighted by Gasteiger charge is 2.22. The van der Waals surface area contributed by atoms with Crippen LogP contribution >= 0.6 is 27.5 Å². The number of hydrogen-bond acceptors (Lipinski definition) is 7. The number of rotatable bonds is 6. The summed E-state index contributed by atoms with van der Waals surface area (Å²) in [5, 5.41) is 0.558. The molecule has 0 N–H and O–H groups in total. The summed E-state index contributed by atoms with van der Waals surface area (Å²) in [7, 11) is 0. The zero-order chi connectivity index (χ0) is 22.8. The minimum atomic E-state index is 0.231. The highest BCUT2D eigenvalue weighted by molar-refractivity contribution is 9.11. The summed E-state index contributed by atoms with van der Waals surface area (Å²) in [4.78, 5) is 19.9. The molecule has 3 aromatic heterocycles. The third kappa shape index (κ3) is 4.86. The monoisotopic (exact) mass is 515 g/mol. The van der Waals surface area contributed by atoms with Gasteiger partial charge in [0.2, 0.25) is 0 Å². The SMILES string of the molecule is CC1=CC(OCc2coc(C)n2)=C(Br)CN1c1cc(-c2ccnc(C(C)C)n2)ncc1Cl. The smallest absolute Gasteiger partial charge is 0.191 e. The number of aromatic nitrogens is 4. The number of allylic oxidation sites excluding steroid dienone is 2. The fraction of sp³-hybridized carbons (Fsp3) is 0.304. The van der Waals surface area contributed by atoms with E-state index in [0.29, 0.717) is 24.1 Å². The fourth-order valence-corrected chi connectivity index (χ4v) is 3.96. The zero-order valence-corrected chi connectivity index (χ0v) is 20.6. The summed E-state index contributed by atoms with van der Waals surface area (Å²) >= 11 is 10.2. The molecule has 4 heterocycles. The molecule has 0 radical (unpaired) electrons. The molecular formula is C23H23BrClN5O2. The van der Waals surface area contributed by atoms with Gasteiger partial charge < -0.3 is 14.1 Å². The number of hydrogen-bond donors (Lipinski definition) is 0. The number of pyridine rings is 1. The van der Waals surface area contributed by atoms with Crippen molar-refractivity contribution in [3.05, 3.63) is 75.2 Å². The normalized spacial score (nSPS) is 14.2. The first-order valence-corrected chi connectivity index (χ1v) is 11.4. The molecule has 0 fully saturated rings. The van der Waals surface area contributed by atoms with Crippen LogP contribution in [0.1, 0.15) is 44.1 Å². The van der Waals surface area contributed by atoms with Crippen LogP contribution in [0.15, 0.2) is 57.2 Å². The zero-order valence-electron chi connectivity index (χ0n) is 18.3. The van der Waals surface area contributed by atoms with E-state index >= 15 is 0 Å². The van der Waals surface area contributed by atoms with E-state index in [-0.39, 0.29) is 5.92 Å². The third-order valence-corrected chi connectivity index (χ3v) is 5.88. The lowest BCUT2D eigenvalue weighted by molar-refractivity contribution is 0.204. The van der Waals surface area contributed by atoms with Crippen LogP contribution in [0, 0.1) is 6.92 Å². The summed E-state index contributed by atoms with van der Waals surface area (Å²) in [5.74, 6) is 2.38. The molecule has 0 atom stereocenters. The van der Waals surface area contributed by atoms with Crippen molar-refractivity contribution >= 4 is 33.2 Å². The second-order valence-electron chi connectivity index (χ2n) is 7.76. The molecular weight excluding hydrogens is 494 g/mol. The number of ether oxygens (including phenoxy) is 1. The number of oxazole rings is 1. The maximum atomic E-state index is 6.55. The molecule has 0 amide bonds. The summed E-state index contributed by atoms with van der Waals surface area (Å²) < 4.78 is 12.1. The van der Waals surface area contributed by atoms with Crippen molar-refractivity contribution in [3.8, 4) is 11.4 Å². The second kappa shape index (κ2) is 9.42. The van der Waals surface area contributed by atoms with E-state index in [9.17, 15) is 0 Å². The van der Waals surface area contributed by atoms with Gasteiger partial charge in [-0.3, -0.25) is 4.98 Å². The predicted octanol–water partition coefficient (Wildman–Crippen LogP) is 6.16. The topological polar surface area (TPSA) is 77.2 Å². The summed E-state index contributed by atoms with van der Waals surface area (Å²) in [6.07, 6.45) is 7.00. The van der Waals surface area contributed by atoms with Gasteiger partial charge >= 0.3 is 0 Å². The fourth-order valence-electron chi connectivity index (χ4n) is 3.28. The Kier molecular flexibility index (Phi) is 6.62. The van der Waals surface area contributed by atoms with E-state index in [4.69, 9.17) is 20.8 Å². The van der Waals surface area contributed by atoms with Gasteiger partial charge in [-0.05, 0) is 35.0 Å². The van der Waals surface area contributed by atoms with Crippen LogP contribution in [-0.4, -0.2) is 26.5 Å². The Balaban J connectivity index is 1.58. The van der Waals surface area contributed by atoms with E-state index in [1.54, 1.807) is 25.6 Å². The van der Waals surface area contributed by atoms with Gasteiger partial charge in [-0.2, -0.15) is 0 Å². The molecule has 0 spiro atoms. The standard InChI is InChI=1S/C23H23BrClN5O2/c1-13(2)23-26-6-5-19(29-23)20-8-21(18(25)9-27-20)30-10-17(24)22(7-14(30)3)32-12-16-11-31-15(4)28-16/h5-9,11,13H,10,12H2,1-4H3. The molecule has 0 aromatic carbocycles. The summed E-state index contributed by atoms with van der Waals surface area (Å²) in [5.41, 5.74) is 4.09. The molecule has 9 heteroatoms. The molecule has 1 aliphatic heterocycles. The molecule has 32 heavy (non-hydrogen) atoms. The largest absolute Gasteiger partial charge is 0.486 e. The van der Waals surface area contributed by atoms with E-state index in [2.05, 4.69) is 54.6 Å². The maximum Gasteiger partial charge on any atom is 0.191 e. The van der Waals surface area contributed by atoms with Crippen LogP contribution in [0.2, 0.25) is 5.02 Å². The van der Waals surface area contributed by atoms with Gasteiger partial charge in [-0.15, -0.1) is 0 Å². The van der Waals surface area contributed by atoms with Gasteiger partial charge in [0.25, 0.3) is 0 Å². The molecule has 3 aromatic rings. The number of halogens is 2. The van der Waals surface area contributed by atoms with E-state index < -0.39 is 0 Å². The van der Waals surface area contributed by atoms with Crippen LogP contribution < -0.4 is 4.90 Å². The Morgan fingerprint density at radius 2 is 2.03 bits per heavy atom. The van der Waals surface area contributed by atoms with Crippen molar-refractivity contribution in [3.63, 3.8) is 0 Å². The molecule has 0 saturated carbocycles. The van der Waals surface area contributed by atoms with Crippen molar-refractivity contribution in [2.45, 2.75) is 40.2 Å². The van der Waals surface area contributed by atoms with Gasteiger partial charge in [-0.1, -0.05) is 25.4 Å². The molecule has 4 rings (SSSR count). The molecule has 7 nitrogen and oxygen atoms in total. The Hall–Kier alpha value is -2.71. The van der Waals surface area contributed by atoms with Crippen LogP contribution in [0.5, 0.6) is 0 Å². The molecule has 0 unspecified atom stereocenters. The van der Waals surface area contributed by atoms with Gasteiger partial charge in [0.1, 0.15) is 30.1 Å². The first-order valence-electron chi connectivity index (χ1n) is 10.2. The number of aryl methyl sites for hydroxylation is 1. The lowest BCUT2D eigenvalue weighted by Crippen LogP contribution is -2.27. The van der Waals surface area contributed by atoms with Crippen molar-refractivity contribution in [1.29, 1.82) is 0 Å². The summed E-state index contributed by atoms with van der Waals surface area (Å²) in [6, 6.07) is 3.81. The summed E-state index contributed by atoms with van der Waals surface area (Å²) in [6.45, 7) is 8.85. The third-order valence-electron chi connectivity index (χ3n) is 4.95. The predicted molar refractivity (Wildman–Crippen MR) is 127 cm³/mol. The highest BCUT2D eigenvalue weighted by Crippen LogP contribution is 2.36. The molecule has 1 aliphatic rings. The van der Waals surface area contributed by atoms with Crippen LogP contribution in [0.3, 0.4) is 0 Å².